The van der Waals surface area contributed by atoms with Gasteiger partial charge in [0.1, 0.15) is 18.2 Å². The Morgan fingerprint density at radius 1 is 1.12 bits per heavy atom. The average molecular weight is 225 g/mol. The Hall–Kier alpha value is -1.09. The zero-order valence-electron chi connectivity index (χ0n) is 9.84. The third kappa shape index (κ3) is 5.71. The average Bonchev–Trinajstić information content (AvgIpc) is 2.30. The van der Waals surface area contributed by atoms with Gasteiger partial charge in [0.25, 0.3) is 0 Å². The quantitative estimate of drug-likeness (QED) is 0.687. The topological polar surface area (TPSA) is 21.3 Å². The first-order chi connectivity index (χ1) is 7.83. The first-order valence-electron chi connectivity index (χ1n) is 5.92. The van der Waals surface area contributed by atoms with E-state index in [1.165, 1.54) is 31.4 Å². The molecule has 2 nitrogen and oxygen atoms in total. The van der Waals surface area contributed by atoms with Crippen molar-refractivity contribution in [3.8, 4) is 5.75 Å². The van der Waals surface area contributed by atoms with E-state index in [9.17, 15) is 4.39 Å². The Morgan fingerprint density at radius 3 is 2.56 bits per heavy atom. The maximum atomic E-state index is 12.6. The maximum absolute atomic E-state index is 12.6. The van der Waals surface area contributed by atoms with Crippen LogP contribution in [-0.4, -0.2) is 19.7 Å². The normalized spacial score (nSPS) is 10.4. The van der Waals surface area contributed by atoms with E-state index in [1.807, 2.05) is 0 Å². The van der Waals surface area contributed by atoms with E-state index in [0.717, 1.165) is 18.8 Å². The van der Waals surface area contributed by atoms with Crippen LogP contribution >= 0.6 is 0 Å². The molecule has 0 spiro atoms. The second kappa shape index (κ2) is 8.11. The number of halogens is 1. The highest BCUT2D eigenvalue weighted by Gasteiger charge is 1.94. The molecule has 0 amide bonds. The molecule has 0 saturated carbocycles. The Kier molecular flexibility index (Phi) is 6.58. The van der Waals surface area contributed by atoms with E-state index in [2.05, 4.69) is 12.2 Å². The van der Waals surface area contributed by atoms with Crippen molar-refractivity contribution in [1.82, 2.24) is 5.32 Å². The highest BCUT2D eigenvalue weighted by atomic mass is 19.1. The van der Waals surface area contributed by atoms with Crippen molar-refractivity contribution in [2.75, 3.05) is 19.7 Å². The molecule has 0 saturated heterocycles. The molecule has 0 aromatic heterocycles. The monoisotopic (exact) mass is 225 g/mol. The minimum absolute atomic E-state index is 0.231. The van der Waals surface area contributed by atoms with Crippen LogP contribution in [0.25, 0.3) is 0 Å². The summed E-state index contributed by atoms with van der Waals surface area (Å²) in [6.07, 6.45) is 3.73. The smallest absolute Gasteiger partial charge is 0.123 e. The van der Waals surface area contributed by atoms with Gasteiger partial charge in [0, 0.05) is 6.54 Å². The molecule has 0 aliphatic heterocycles. The molecule has 0 atom stereocenters. The number of benzene rings is 1. The predicted molar refractivity (Wildman–Crippen MR) is 64.3 cm³/mol. The Bertz CT molecular complexity index is 274. The lowest BCUT2D eigenvalue weighted by Gasteiger charge is -2.07. The molecule has 0 aliphatic rings. The minimum Gasteiger partial charge on any atom is -0.492 e. The van der Waals surface area contributed by atoms with Gasteiger partial charge in [-0.1, -0.05) is 19.8 Å². The molecule has 0 radical (unpaired) electrons. The lowest BCUT2D eigenvalue weighted by molar-refractivity contribution is 0.313. The minimum atomic E-state index is -0.231. The molecular formula is C13H20FNO. The summed E-state index contributed by atoms with van der Waals surface area (Å²) < 4.78 is 18.0. The van der Waals surface area contributed by atoms with Crippen LogP contribution in [0.3, 0.4) is 0 Å². The van der Waals surface area contributed by atoms with Gasteiger partial charge in [0.15, 0.2) is 0 Å². The molecule has 90 valence electrons. The summed E-state index contributed by atoms with van der Waals surface area (Å²) in [5.74, 6) is 0.488. The maximum Gasteiger partial charge on any atom is 0.123 e. The highest BCUT2D eigenvalue weighted by molar-refractivity contribution is 5.21. The molecule has 1 rings (SSSR count). The Morgan fingerprint density at radius 2 is 1.88 bits per heavy atom. The van der Waals surface area contributed by atoms with E-state index in [-0.39, 0.29) is 5.82 Å². The third-order valence-electron chi connectivity index (χ3n) is 2.32. The zero-order chi connectivity index (χ0) is 11.6. The van der Waals surface area contributed by atoms with Crippen LogP contribution < -0.4 is 10.1 Å². The molecule has 1 N–H and O–H groups in total. The molecule has 0 heterocycles. The van der Waals surface area contributed by atoms with Gasteiger partial charge in [-0.25, -0.2) is 4.39 Å². The van der Waals surface area contributed by atoms with Crippen LogP contribution in [0.4, 0.5) is 4.39 Å². The lowest BCUT2D eigenvalue weighted by Crippen LogP contribution is -2.22. The van der Waals surface area contributed by atoms with Gasteiger partial charge in [-0.15, -0.1) is 0 Å². The van der Waals surface area contributed by atoms with Gasteiger partial charge in [0.05, 0.1) is 0 Å². The molecule has 1 aromatic carbocycles. The van der Waals surface area contributed by atoms with Gasteiger partial charge >= 0.3 is 0 Å². The van der Waals surface area contributed by atoms with Crippen molar-refractivity contribution < 1.29 is 9.13 Å². The number of ether oxygens (including phenoxy) is 1. The van der Waals surface area contributed by atoms with Crippen molar-refractivity contribution >= 4 is 0 Å². The molecule has 1 aromatic rings. The zero-order valence-corrected chi connectivity index (χ0v) is 9.84. The van der Waals surface area contributed by atoms with Gasteiger partial charge < -0.3 is 10.1 Å². The third-order valence-corrected chi connectivity index (χ3v) is 2.32. The molecule has 0 unspecified atom stereocenters. The largest absolute Gasteiger partial charge is 0.492 e. The van der Waals surface area contributed by atoms with Crippen LogP contribution in [0.2, 0.25) is 0 Å². The van der Waals surface area contributed by atoms with Crippen molar-refractivity contribution in [1.29, 1.82) is 0 Å². The van der Waals surface area contributed by atoms with Crippen LogP contribution in [-0.2, 0) is 0 Å². The van der Waals surface area contributed by atoms with Crippen LogP contribution in [0.1, 0.15) is 26.2 Å². The van der Waals surface area contributed by atoms with Crippen molar-refractivity contribution in [3.05, 3.63) is 30.1 Å². The summed E-state index contributed by atoms with van der Waals surface area (Å²) in [5, 5.41) is 3.30. The summed E-state index contributed by atoms with van der Waals surface area (Å²) in [6, 6.07) is 6.10. The van der Waals surface area contributed by atoms with Crippen molar-refractivity contribution in [2.45, 2.75) is 26.2 Å². The van der Waals surface area contributed by atoms with Crippen LogP contribution in [0, 0.1) is 5.82 Å². The molecule has 0 bridgehead atoms. The van der Waals surface area contributed by atoms with Crippen molar-refractivity contribution in [2.24, 2.45) is 0 Å². The fourth-order valence-electron chi connectivity index (χ4n) is 1.40. The van der Waals surface area contributed by atoms with E-state index < -0.39 is 0 Å². The SMILES string of the molecule is CCCCCNCCOc1ccc(F)cc1. The second-order valence-electron chi connectivity index (χ2n) is 3.76. The fourth-order valence-corrected chi connectivity index (χ4v) is 1.40. The number of nitrogens with one attached hydrogen (secondary N) is 1. The highest BCUT2D eigenvalue weighted by Crippen LogP contribution is 2.10. The van der Waals surface area contributed by atoms with E-state index in [1.54, 1.807) is 12.1 Å². The standard InChI is InChI=1S/C13H20FNO/c1-2-3-4-9-15-10-11-16-13-7-5-12(14)6-8-13/h5-8,15H,2-4,9-11H2,1H3. The molecule has 0 fully saturated rings. The predicted octanol–water partition coefficient (Wildman–Crippen LogP) is 2.98. The van der Waals surface area contributed by atoms with Gasteiger partial charge in [-0.05, 0) is 37.2 Å². The van der Waals surface area contributed by atoms with Gasteiger partial charge in [-0.3, -0.25) is 0 Å². The number of unbranched alkanes of at least 4 members (excludes halogenated alkanes) is 2. The van der Waals surface area contributed by atoms with Crippen LogP contribution in [0.15, 0.2) is 24.3 Å². The summed E-state index contributed by atoms with van der Waals surface area (Å²) in [7, 11) is 0. The summed E-state index contributed by atoms with van der Waals surface area (Å²) in [5.41, 5.74) is 0. The summed E-state index contributed by atoms with van der Waals surface area (Å²) in [6.45, 7) is 4.69. The van der Waals surface area contributed by atoms with Gasteiger partial charge in [-0.2, -0.15) is 0 Å². The summed E-state index contributed by atoms with van der Waals surface area (Å²) in [4.78, 5) is 0. The van der Waals surface area contributed by atoms with E-state index >= 15 is 0 Å². The lowest BCUT2D eigenvalue weighted by atomic mass is 10.2. The second-order valence-corrected chi connectivity index (χ2v) is 3.76. The number of hydrogen-bond acceptors (Lipinski definition) is 2. The molecule has 0 aliphatic carbocycles. The first kappa shape index (κ1) is 13.0. The van der Waals surface area contributed by atoms with Crippen LogP contribution in [0.5, 0.6) is 5.75 Å². The van der Waals surface area contributed by atoms with Crippen molar-refractivity contribution in [3.63, 3.8) is 0 Å². The van der Waals surface area contributed by atoms with Gasteiger partial charge in [0.2, 0.25) is 0 Å². The molecule has 3 heteroatoms. The Balaban J connectivity index is 2.01. The molecular weight excluding hydrogens is 205 g/mol. The van der Waals surface area contributed by atoms with E-state index in [0.29, 0.717) is 6.61 Å². The first-order valence-corrected chi connectivity index (χ1v) is 5.92. The summed E-state index contributed by atoms with van der Waals surface area (Å²) >= 11 is 0. The number of rotatable bonds is 8. The number of hydrogen-bond donors (Lipinski definition) is 1. The Labute approximate surface area is 96.8 Å². The van der Waals surface area contributed by atoms with E-state index in [4.69, 9.17) is 4.74 Å². The fraction of sp³-hybridized carbons (Fsp3) is 0.538. The molecule has 16 heavy (non-hydrogen) atoms.